The fraction of sp³-hybridized carbons (Fsp3) is 0.625. The molecule has 0 amide bonds. The Labute approximate surface area is 77.0 Å². The first-order chi connectivity index (χ1) is 5.68. The number of carbonyl (C=O) groups is 1. The normalized spacial score (nSPS) is 13.5. The summed E-state index contributed by atoms with van der Waals surface area (Å²) in [5.41, 5.74) is 5.30. The lowest BCUT2D eigenvalue weighted by Gasteiger charge is -2.03. The molecule has 0 aromatic rings. The molecule has 12 heavy (non-hydrogen) atoms. The summed E-state index contributed by atoms with van der Waals surface area (Å²) in [5.74, 6) is 0.822. The Balaban J connectivity index is 3.25. The minimum absolute atomic E-state index is 0.539. The summed E-state index contributed by atoms with van der Waals surface area (Å²) in [6.45, 7) is 1.96. The monoisotopic (exact) mass is 189 g/mol. The average molecular weight is 189 g/mol. The Morgan fingerprint density at radius 2 is 2.42 bits per heavy atom. The van der Waals surface area contributed by atoms with Gasteiger partial charge in [0.05, 0.1) is 0 Å². The molecule has 0 heterocycles. The van der Waals surface area contributed by atoms with Crippen LogP contribution in [0.5, 0.6) is 0 Å². The van der Waals surface area contributed by atoms with Crippen molar-refractivity contribution in [1.29, 1.82) is 0 Å². The quantitative estimate of drug-likeness (QED) is 0.485. The fourth-order valence-corrected chi connectivity index (χ4v) is 1.50. The third-order valence-corrected chi connectivity index (χ3v) is 2.29. The van der Waals surface area contributed by atoms with E-state index in [2.05, 4.69) is 0 Å². The lowest BCUT2D eigenvalue weighted by Crippen LogP contribution is -2.30. The van der Waals surface area contributed by atoms with E-state index in [4.69, 9.17) is 10.8 Å². The molecule has 70 valence electrons. The van der Waals surface area contributed by atoms with Gasteiger partial charge in [0.1, 0.15) is 6.04 Å². The van der Waals surface area contributed by atoms with Gasteiger partial charge in [0.2, 0.25) is 0 Å². The summed E-state index contributed by atoms with van der Waals surface area (Å²) in [7, 11) is 0. The average Bonchev–Trinajstić information content (AvgIpc) is 2.03. The molecule has 0 bridgehead atoms. The predicted octanol–water partition coefficient (Wildman–Crippen LogP) is 1.10. The third kappa shape index (κ3) is 6.24. The second kappa shape index (κ2) is 7.18. The molecule has 3 nitrogen and oxygen atoms in total. The van der Waals surface area contributed by atoms with Gasteiger partial charge < -0.3 is 10.8 Å². The van der Waals surface area contributed by atoms with Crippen molar-refractivity contribution >= 4 is 17.7 Å². The van der Waals surface area contributed by atoms with Crippen LogP contribution in [0.3, 0.4) is 0 Å². The van der Waals surface area contributed by atoms with E-state index in [1.807, 2.05) is 19.1 Å². The molecule has 0 spiro atoms. The van der Waals surface area contributed by atoms with Crippen molar-refractivity contribution in [3.05, 3.63) is 12.2 Å². The van der Waals surface area contributed by atoms with Crippen LogP contribution in [0.15, 0.2) is 12.2 Å². The van der Waals surface area contributed by atoms with Gasteiger partial charge in [-0.15, -0.1) is 0 Å². The molecule has 3 N–H and O–H groups in total. The first kappa shape index (κ1) is 11.5. The number of aliphatic carboxylic acids is 1. The van der Waals surface area contributed by atoms with Gasteiger partial charge in [-0.2, -0.15) is 11.8 Å². The van der Waals surface area contributed by atoms with Crippen molar-refractivity contribution in [2.75, 3.05) is 11.5 Å². The standard InChI is InChI=1S/C8H15NO2S/c1-2-3-5-12-6-4-7(9)8(10)11/h2-3,7H,4-6,9H2,1H3,(H,10,11)/b3-2+/t7-/m0/s1. The minimum atomic E-state index is -0.915. The van der Waals surface area contributed by atoms with Crippen LogP contribution >= 0.6 is 11.8 Å². The highest BCUT2D eigenvalue weighted by Gasteiger charge is 2.09. The molecule has 0 saturated heterocycles. The molecular formula is C8H15NO2S. The van der Waals surface area contributed by atoms with Crippen molar-refractivity contribution in [2.45, 2.75) is 19.4 Å². The van der Waals surface area contributed by atoms with E-state index in [9.17, 15) is 4.79 Å². The largest absolute Gasteiger partial charge is 0.480 e. The van der Waals surface area contributed by atoms with Gasteiger partial charge in [0.25, 0.3) is 0 Å². The number of allylic oxidation sites excluding steroid dienone is 1. The summed E-state index contributed by atoms with van der Waals surface area (Å²) >= 11 is 1.69. The second-order valence-corrected chi connectivity index (χ2v) is 3.53. The van der Waals surface area contributed by atoms with Crippen molar-refractivity contribution in [3.63, 3.8) is 0 Å². The van der Waals surface area contributed by atoms with Gasteiger partial charge >= 0.3 is 5.97 Å². The summed E-state index contributed by atoms with van der Waals surface area (Å²) in [6.07, 6.45) is 4.55. The van der Waals surface area contributed by atoms with E-state index in [0.717, 1.165) is 11.5 Å². The van der Waals surface area contributed by atoms with Crippen LogP contribution in [-0.2, 0) is 4.79 Å². The highest BCUT2D eigenvalue weighted by atomic mass is 32.2. The Morgan fingerprint density at radius 3 is 2.92 bits per heavy atom. The third-order valence-electron chi connectivity index (χ3n) is 1.34. The lowest BCUT2D eigenvalue weighted by molar-refractivity contribution is -0.138. The number of hydrogen-bond donors (Lipinski definition) is 2. The second-order valence-electron chi connectivity index (χ2n) is 2.38. The lowest BCUT2D eigenvalue weighted by atomic mass is 10.2. The molecule has 1 atom stereocenters. The van der Waals surface area contributed by atoms with Gasteiger partial charge in [-0.05, 0) is 19.1 Å². The molecule has 0 aliphatic carbocycles. The van der Waals surface area contributed by atoms with Gasteiger partial charge in [0, 0.05) is 5.75 Å². The molecule has 0 aliphatic rings. The van der Waals surface area contributed by atoms with E-state index < -0.39 is 12.0 Å². The summed E-state index contributed by atoms with van der Waals surface area (Å²) in [4.78, 5) is 10.3. The first-order valence-electron chi connectivity index (χ1n) is 3.85. The number of nitrogens with two attached hydrogens (primary N) is 1. The van der Waals surface area contributed by atoms with Crippen LogP contribution in [-0.4, -0.2) is 28.6 Å². The number of rotatable bonds is 6. The Morgan fingerprint density at radius 1 is 1.75 bits per heavy atom. The van der Waals surface area contributed by atoms with E-state index in [1.54, 1.807) is 11.8 Å². The molecule has 0 unspecified atom stereocenters. The molecule has 0 fully saturated rings. The van der Waals surface area contributed by atoms with Crippen LogP contribution < -0.4 is 5.73 Å². The molecule has 0 saturated carbocycles. The van der Waals surface area contributed by atoms with Crippen LogP contribution in [0.25, 0.3) is 0 Å². The molecule has 0 radical (unpaired) electrons. The fourth-order valence-electron chi connectivity index (χ4n) is 0.581. The highest BCUT2D eigenvalue weighted by molar-refractivity contribution is 7.99. The van der Waals surface area contributed by atoms with Crippen LogP contribution in [0.2, 0.25) is 0 Å². The predicted molar refractivity (Wildman–Crippen MR) is 52.4 cm³/mol. The Hall–Kier alpha value is -0.480. The van der Waals surface area contributed by atoms with Crippen molar-refractivity contribution < 1.29 is 9.90 Å². The van der Waals surface area contributed by atoms with E-state index in [-0.39, 0.29) is 0 Å². The molecule has 0 rings (SSSR count). The zero-order valence-electron chi connectivity index (χ0n) is 7.19. The van der Waals surface area contributed by atoms with E-state index >= 15 is 0 Å². The topological polar surface area (TPSA) is 63.3 Å². The van der Waals surface area contributed by atoms with E-state index in [0.29, 0.717) is 6.42 Å². The molecule has 0 aromatic heterocycles. The zero-order valence-corrected chi connectivity index (χ0v) is 8.01. The Kier molecular flexibility index (Phi) is 6.90. The summed E-state index contributed by atoms with van der Waals surface area (Å²) < 4.78 is 0. The van der Waals surface area contributed by atoms with Crippen molar-refractivity contribution in [2.24, 2.45) is 5.73 Å². The summed E-state index contributed by atoms with van der Waals surface area (Å²) in [5, 5.41) is 8.44. The number of carboxylic acids is 1. The van der Waals surface area contributed by atoms with E-state index in [1.165, 1.54) is 0 Å². The zero-order chi connectivity index (χ0) is 9.40. The number of thioether (sulfide) groups is 1. The Bertz CT molecular complexity index is 159. The number of carboxylic acid groups (broad SMARTS) is 1. The molecular weight excluding hydrogens is 174 g/mol. The maximum absolute atomic E-state index is 10.3. The van der Waals surface area contributed by atoms with Crippen LogP contribution in [0, 0.1) is 0 Å². The molecule has 0 aliphatic heterocycles. The van der Waals surface area contributed by atoms with Crippen molar-refractivity contribution in [1.82, 2.24) is 0 Å². The van der Waals surface area contributed by atoms with Gasteiger partial charge in [-0.25, -0.2) is 0 Å². The van der Waals surface area contributed by atoms with Crippen LogP contribution in [0.1, 0.15) is 13.3 Å². The summed E-state index contributed by atoms with van der Waals surface area (Å²) in [6, 6.07) is -0.705. The minimum Gasteiger partial charge on any atom is -0.480 e. The molecule has 4 heteroatoms. The van der Waals surface area contributed by atoms with Gasteiger partial charge in [-0.1, -0.05) is 12.2 Å². The first-order valence-corrected chi connectivity index (χ1v) is 5.01. The molecule has 0 aromatic carbocycles. The number of hydrogen-bond acceptors (Lipinski definition) is 3. The maximum atomic E-state index is 10.3. The maximum Gasteiger partial charge on any atom is 0.320 e. The van der Waals surface area contributed by atoms with Crippen molar-refractivity contribution in [3.8, 4) is 0 Å². The highest BCUT2D eigenvalue weighted by Crippen LogP contribution is 2.04. The smallest absolute Gasteiger partial charge is 0.320 e. The SMILES string of the molecule is C/C=C/CSCC[C@H](N)C(=O)O. The van der Waals surface area contributed by atoms with Gasteiger partial charge in [-0.3, -0.25) is 4.79 Å². The van der Waals surface area contributed by atoms with Crippen LogP contribution in [0.4, 0.5) is 0 Å². The van der Waals surface area contributed by atoms with Gasteiger partial charge in [0.15, 0.2) is 0 Å².